The van der Waals surface area contributed by atoms with E-state index in [4.69, 9.17) is 27.9 Å². The molecule has 0 aromatic rings. The number of allylic oxidation sites excluding steroid dienone is 1. The second-order valence-electron chi connectivity index (χ2n) is 2.16. The molecule has 0 radical (unpaired) electrons. The molecule has 14 heavy (non-hydrogen) atoms. The van der Waals surface area contributed by atoms with Gasteiger partial charge in [-0.25, -0.2) is 0 Å². The van der Waals surface area contributed by atoms with Crippen molar-refractivity contribution >= 4 is 50.9 Å². The summed E-state index contributed by atoms with van der Waals surface area (Å²) >= 11 is 15.3. The van der Waals surface area contributed by atoms with Crippen LogP contribution in [-0.2, 0) is 4.74 Å². The summed E-state index contributed by atoms with van der Waals surface area (Å²) in [5.41, 5.74) is -0.295. The van der Waals surface area contributed by atoms with Gasteiger partial charge in [-0.3, -0.25) is 10.1 Å². The van der Waals surface area contributed by atoms with E-state index in [1.165, 1.54) is 11.8 Å². The Hall–Kier alpha value is 0.0900. The van der Waals surface area contributed by atoms with Crippen molar-refractivity contribution in [2.45, 2.75) is 0 Å². The van der Waals surface area contributed by atoms with E-state index in [0.29, 0.717) is 12.4 Å². The Bertz CT molecular complexity index is 319. The Morgan fingerprint density at radius 2 is 2.29 bits per heavy atom. The van der Waals surface area contributed by atoms with Gasteiger partial charge in [-0.05, 0) is 15.9 Å². The Labute approximate surface area is 103 Å². The molecule has 1 aliphatic heterocycles. The van der Waals surface area contributed by atoms with Crippen LogP contribution in [0.25, 0.3) is 0 Å². The van der Waals surface area contributed by atoms with Crippen molar-refractivity contribution in [1.82, 2.24) is 0 Å². The molecule has 0 saturated carbocycles. The first kappa shape index (κ1) is 12.2. The number of rotatable bonds is 2. The molecular weight excluding hydrogens is 317 g/mol. The van der Waals surface area contributed by atoms with Gasteiger partial charge in [-0.15, -0.1) is 0 Å². The fourth-order valence-corrected chi connectivity index (χ4v) is 2.10. The first-order chi connectivity index (χ1) is 6.54. The molecule has 1 rings (SSSR count). The van der Waals surface area contributed by atoms with Gasteiger partial charge >= 0.3 is 5.70 Å². The molecule has 0 aliphatic carbocycles. The van der Waals surface area contributed by atoms with Gasteiger partial charge in [0.2, 0.25) is 5.09 Å². The summed E-state index contributed by atoms with van der Waals surface area (Å²) in [6.45, 7) is 0.446. The Morgan fingerprint density at radius 1 is 1.64 bits per heavy atom. The summed E-state index contributed by atoms with van der Waals surface area (Å²) in [5.74, 6) is 0.677. The Balaban J connectivity index is 3.13. The van der Waals surface area contributed by atoms with Crippen molar-refractivity contribution in [2.24, 2.45) is 0 Å². The van der Waals surface area contributed by atoms with Crippen molar-refractivity contribution in [3.05, 3.63) is 29.9 Å². The molecule has 0 aromatic carbocycles. The lowest BCUT2D eigenvalue weighted by Gasteiger charge is -2.00. The average molecular weight is 321 g/mol. The lowest BCUT2D eigenvalue weighted by molar-refractivity contribution is -0.422. The molecule has 0 atom stereocenters. The molecule has 0 amide bonds. The van der Waals surface area contributed by atoms with E-state index in [0.717, 1.165) is 0 Å². The number of hydrogen-bond donors (Lipinski definition) is 0. The maximum Gasteiger partial charge on any atom is 0.338 e. The lowest BCUT2D eigenvalue weighted by Crippen LogP contribution is -2.02. The fraction of sp³-hybridized carbons (Fsp3) is 0.333. The third-order valence-corrected chi connectivity index (χ3v) is 3.52. The Morgan fingerprint density at radius 3 is 2.64 bits per heavy atom. The molecule has 0 aromatic heterocycles. The molecule has 1 saturated heterocycles. The van der Waals surface area contributed by atoms with Crippen LogP contribution in [0.1, 0.15) is 0 Å². The minimum absolute atomic E-state index is 0.00512. The van der Waals surface area contributed by atoms with Crippen LogP contribution in [0.3, 0.4) is 0 Å². The number of halogens is 3. The third kappa shape index (κ3) is 2.79. The smallest absolute Gasteiger partial charge is 0.338 e. The first-order valence-electron chi connectivity index (χ1n) is 3.39. The zero-order chi connectivity index (χ0) is 10.7. The topological polar surface area (TPSA) is 52.4 Å². The van der Waals surface area contributed by atoms with Gasteiger partial charge < -0.3 is 4.74 Å². The van der Waals surface area contributed by atoms with Crippen LogP contribution in [0.2, 0.25) is 0 Å². The zero-order valence-corrected chi connectivity index (χ0v) is 10.5. The Kier molecular flexibility index (Phi) is 4.56. The molecule has 0 unspecified atom stereocenters. The van der Waals surface area contributed by atoms with Gasteiger partial charge in [0, 0.05) is 5.75 Å². The SMILES string of the molecule is O=[N+]([O-])C(=C1/OCCS1)/C(Cl)=C(/Cl)Br. The van der Waals surface area contributed by atoms with Crippen molar-refractivity contribution in [3.63, 3.8) is 0 Å². The molecule has 0 N–H and O–H groups in total. The van der Waals surface area contributed by atoms with Crippen molar-refractivity contribution < 1.29 is 9.66 Å². The van der Waals surface area contributed by atoms with Crippen LogP contribution in [0, 0.1) is 10.1 Å². The predicted octanol–water partition coefficient (Wildman–Crippen LogP) is 3.24. The second kappa shape index (κ2) is 5.25. The van der Waals surface area contributed by atoms with Crippen LogP contribution in [0.5, 0.6) is 0 Å². The lowest BCUT2D eigenvalue weighted by atomic mass is 10.5. The van der Waals surface area contributed by atoms with Gasteiger partial charge in [0.1, 0.15) is 8.97 Å². The molecule has 0 bridgehead atoms. The maximum absolute atomic E-state index is 10.7. The number of ether oxygens (including phenoxy) is 1. The van der Waals surface area contributed by atoms with E-state index in [9.17, 15) is 10.1 Å². The molecule has 4 nitrogen and oxygen atoms in total. The van der Waals surface area contributed by atoms with Crippen LogP contribution >= 0.6 is 50.9 Å². The average Bonchev–Trinajstić information content (AvgIpc) is 2.56. The van der Waals surface area contributed by atoms with Gasteiger partial charge in [0.15, 0.2) is 0 Å². The van der Waals surface area contributed by atoms with E-state index < -0.39 is 4.92 Å². The van der Waals surface area contributed by atoms with E-state index in [1.807, 2.05) is 0 Å². The van der Waals surface area contributed by atoms with E-state index in [2.05, 4.69) is 15.9 Å². The van der Waals surface area contributed by atoms with Gasteiger partial charge in [0.25, 0.3) is 0 Å². The minimum Gasteiger partial charge on any atom is -0.481 e. The van der Waals surface area contributed by atoms with Crippen LogP contribution in [-0.4, -0.2) is 17.3 Å². The number of nitro groups is 1. The summed E-state index contributed by atoms with van der Waals surface area (Å²) in [4.78, 5) is 10.1. The molecule has 8 heteroatoms. The number of hydrogen-bond acceptors (Lipinski definition) is 4. The number of thioether (sulfide) groups is 1. The summed E-state index contributed by atoms with van der Waals surface area (Å²) < 4.78 is 5.05. The van der Waals surface area contributed by atoms with E-state index >= 15 is 0 Å². The highest BCUT2D eigenvalue weighted by Gasteiger charge is 2.29. The summed E-state index contributed by atoms with van der Waals surface area (Å²) in [7, 11) is 0. The standard InChI is InChI=1S/C6H4BrCl2NO3S/c7-5(9)3(8)4(10(11)12)6-13-1-2-14-6/h1-2H2/b5-3-,6-4-. The van der Waals surface area contributed by atoms with Crippen LogP contribution in [0.4, 0.5) is 0 Å². The van der Waals surface area contributed by atoms with Crippen LogP contribution < -0.4 is 0 Å². The highest BCUT2D eigenvalue weighted by molar-refractivity contribution is 9.12. The fourth-order valence-electron chi connectivity index (χ4n) is 0.781. The molecule has 1 fully saturated rings. The van der Waals surface area contributed by atoms with E-state index in [-0.39, 0.29) is 19.8 Å². The predicted molar refractivity (Wildman–Crippen MR) is 60.1 cm³/mol. The second-order valence-corrected chi connectivity index (χ2v) is 5.24. The largest absolute Gasteiger partial charge is 0.481 e. The molecular formula is C6H4BrCl2NO3S. The van der Waals surface area contributed by atoms with Gasteiger partial charge in [-0.2, -0.15) is 0 Å². The monoisotopic (exact) mass is 319 g/mol. The summed E-state index contributed by atoms with van der Waals surface area (Å²) in [5, 5.41) is 10.7. The summed E-state index contributed by atoms with van der Waals surface area (Å²) in [6.07, 6.45) is 0. The highest BCUT2D eigenvalue weighted by Crippen LogP contribution is 2.35. The van der Waals surface area contributed by atoms with Crippen molar-refractivity contribution in [2.75, 3.05) is 12.4 Å². The molecule has 78 valence electrons. The van der Waals surface area contributed by atoms with Crippen LogP contribution in [0.15, 0.2) is 19.8 Å². The van der Waals surface area contributed by atoms with Crippen molar-refractivity contribution in [3.8, 4) is 0 Å². The maximum atomic E-state index is 10.7. The highest BCUT2D eigenvalue weighted by atomic mass is 79.9. The van der Waals surface area contributed by atoms with Gasteiger partial charge in [-0.1, -0.05) is 35.0 Å². The normalized spacial score (nSPS) is 21.4. The minimum atomic E-state index is -0.611. The third-order valence-electron chi connectivity index (χ3n) is 1.30. The van der Waals surface area contributed by atoms with Gasteiger partial charge in [0.05, 0.1) is 11.5 Å². The molecule has 1 aliphatic rings. The number of nitrogens with zero attached hydrogens (tertiary/aromatic N) is 1. The summed E-state index contributed by atoms with van der Waals surface area (Å²) in [6, 6.07) is 0. The first-order valence-corrected chi connectivity index (χ1v) is 5.93. The zero-order valence-electron chi connectivity index (χ0n) is 6.63. The van der Waals surface area contributed by atoms with Crippen molar-refractivity contribution in [1.29, 1.82) is 0 Å². The molecule has 1 heterocycles. The quantitative estimate of drug-likeness (QED) is 0.579. The van der Waals surface area contributed by atoms with E-state index in [1.54, 1.807) is 0 Å². The molecule has 0 spiro atoms.